The lowest BCUT2D eigenvalue weighted by atomic mass is 9.89. The van der Waals surface area contributed by atoms with Crippen LogP contribution < -0.4 is 15.0 Å². The van der Waals surface area contributed by atoms with Crippen LogP contribution in [-0.4, -0.2) is 76.6 Å². The van der Waals surface area contributed by atoms with Gasteiger partial charge in [-0.1, -0.05) is 19.1 Å². The molecule has 7 nitrogen and oxygen atoms in total. The Labute approximate surface area is 256 Å². The molecule has 4 aromatic rings. The fourth-order valence-corrected chi connectivity index (χ4v) is 8.55. The number of hydrogen-bond donors (Lipinski definition) is 2. The van der Waals surface area contributed by atoms with E-state index in [2.05, 4.69) is 27.2 Å². The van der Waals surface area contributed by atoms with Crippen molar-refractivity contribution >= 4 is 27.5 Å². The topological polar surface area (TPSA) is 73.8 Å². The van der Waals surface area contributed by atoms with E-state index in [1.807, 2.05) is 13.8 Å². The van der Waals surface area contributed by atoms with Crippen molar-refractivity contribution in [3.8, 4) is 22.9 Å². The van der Waals surface area contributed by atoms with Crippen LogP contribution in [0, 0.1) is 12.7 Å². The number of aromatic hydroxyl groups is 1. The molecule has 9 heteroatoms. The maximum absolute atomic E-state index is 15.0. The van der Waals surface area contributed by atoms with Gasteiger partial charge in [0.05, 0.1) is 11.1 Å². The number of nitrogens with zero attached hydrogens (tertiary/aromatic N) is 4. The van der Waals surface area contributed by atoms with Crippen molar-refractivity contribution in [1.29, 1.82) is 0 Å². The predicted octanol–water partition coefficient (Wildman–Crippen LogP) is 6.06. The Balaban J connectivity index is 1.28. The summed E-state index contributed by atoms with van der Waals surface area (Å²) < 4.78 is 36.0. The minimum Gasteiger partial charge on any atom is -0.508 e. The van der Waals surface area contributed by atoms with Crippen LogP contribution in [0.25, 0.3) is 32.8 Å². The van der Waals surface area contributed by atoms with E-state index in [0.29, 0.717) is 49.7 Å². The summed E-state index contributed by atoms with van der Waals surface area (Å²) in [6.45, 7) is 7.50. The largest absolute Gasteiger partial charge is 0.508 e. The molecule has 6 heterocycles. The monoisotopic (exact) mass is 599 g/mol. The Bertz CT molecular complexity index is 1770. The molecule has 5 aliphatic heterocycles. The number of hydrogen-bond acceptors (Lipinski definition) is 7. The molecule has 230 valence electrons. The van der Waals surface area contributed by atoms with Gasteiger partial charge in [-0.15, -0.1) is 0 Å². The number of nitrogens with one attached hydrogen (secondary N) is 1. The van der Waals surface area contributed by atoms with Crippen LogP contribution in [-0.2, 0) is 6.42 Å². The van der Waals surface area contributed by atoms with Crippen LogP contribution in [0.1, 0.15) is 50.2 Å². The van der Waals surface area contributed by atoms with Crippen LogP contribution >= 0.6 is 0 Å². The first-order valence-electron chi connectivity index (χ1n) is 16.1. The van der Waals surface area contributed by atoms with Crippen LogP contribution in [0.5, 0.6) is 11.8 Å². The predicted molar refractivity (Wildman–Crippen MR) is 169 cm³/mol. The smallest absolute Gasteiger partial charge is 0.319 e. The second-order valence-electron chi connectivity index (χ2n) is 13.3. The average molecular weight is 600 g/mol. The number of piperazine rings is 1. The van der Waals surface area contributed by atoms with Gasteiger partial charge >= 0.3 is 6.01 Å². The van der Waals surface area contributed by atoms with E-state index in [4.69, 9.17) is 14.7 Å². The second kappa shape index (κ2) is 10.5. The third kappa shape index (κ3) is 4.42. The van der Waals surface area contributed by atoms with E-state index < -0.39 is 6.17 Å². The van der Waals surface area contributed by atoms with Crippen molar-refractivity contribution in [1.82, 2.24) is 20.2 Å². The number of benzene rings is 3. The molecular formula is C35H39F2N5O2. The molecule has 0 amide bonds. The van der Waals surface area contributed by atoms with Gasteiger partial charge in [-0.25, -0.2) is 8.78 Å². The normalized spacial score (nSPS) is 26.6. The van der Waals surface area contributed by atoms with Gasteiger partial charge in [0.15, 0.2) is 0 Å². The quantitative estimate of drug-likeness (QED) is 0.279. The Morgan fingerprint density at radius 2 is 2.00 bits per heavy atom. The van der Waals surface area contributed by atoms with E-state index >= 15 is 4.39 Å². The summed E-state index contributed by atoms with van der Waals surface area (Å²) in [6.07, 6.45) is 4.40. The highest BCUT2D eigenvalue weighted by Crippen LogP contribution is 2.43. The van der Waals surface area contributed by atoms with E-state index in [0.717, 1.165) is 89.5 Å². The Morgan fingerprint density at radius 1 is 1.11 bits per heavy atom. The van der Waals surface area contributed by atoms with Gasteiger partial charge < -0.3 is 20.1 Å². The number of alkyl halides is 1. The lowest BCUT2D eigenvalue weighted by molar-refractivity contribution is 0.107. The minimum absolute atomic E-state index is 0.132. The van der Waals surface area contributed by atoms with Gasteiger partial charge in [-0.2, -0.15) is 9.97 Å². The van der Waals surface area contributed by atoms with Gasteiger partial charge in [-0.3, -0.25) is 4.90 Å². The first kappa shape index (κ1) is 28.0. The number of ether oxygens (including phenoxy) is 1. The van der Waals surface area contributed by atoms with Gasteiger partial charge in [-0.05, 0) is 103 Å². The maximum atomic E-state index is 15.0. The Morgan fingerprint density at radius 3 is 2.77 bits per heavy atom. The zero-order chi connectivity index (χ0) is 30.2. The summed E-state index contributed by atoms with van der Waals surface area (Å²) in [5.74, 6) is 0.752. The minimum atomic E-state index is -0.830. The van der Waals surface area contributed by atoms with Crippen molar-refractivity contribution in [2.45, 2.75) is 76.2 Å². The van der Waals surface area contributed by atoms with E-state index in [1.165, 1.54) is 6.07 Å². The standard InChI is InChI=1S/C35H39F2N5O2/c1-3-26-30(37)10-5-21-13-25(43)14-29(31(21)26)27-8-9-28-32(20(27)2)39-34(40-33(28)42-18-23-6-7-24(42)16-38-23)44-19-35-11-4-12-41(35)17-22(36)15-35/h5,8-10,13-14,22-24,38,43H,3-4,6-7,11-12,15-19H2,1-2H3/t22?,23?,24-,35-/m0/s1. The number of phenolic OH excluding ortho intramolecular Hbond substituents is 1. The summed E-state index contributed by atoms with van der Waals surface area (Å²) in [6, 6.07) is 11.8. The SMILES string of the molecule is CCc1c(F)ccc2cc(O)cc(-c3ccc4c(N5CC6CC[C@H]5CN6)nc(OC[C@@]56CCCN5CC(F)C6)nc4c3C)c12. The van der Waals surface area contributed by atoms with Gasteiger partial charge in [0, 0.05) is 43.5 Å². The third-order valence-corrected chi connectivity index (χ3v) is 10.7. The molecular weight excluding hydrogens is 560 g/mol. The summed E-state index contributed by atoms with van der Waals surface area (Å²) in [7, 11) is 0. The number of phenols is 1. The molecule has 5 aliphatic rings. The van der Waals surface area contributed by atoms with Gasteiger partial charge in [0.1, 0.15) is 30.2 Å². The molecule has 3 aromatic carbocycles. The highest BCUT2D eigenvalue weighted by Gasteiger charge is 2.49. The van der Waals surface area contributed by atoms with Crippen LogP contribution in [0.15, 0.2) is 36.4 Å². The van der Waals surface area contributed by atoms with E-state index in [-0.39, 0.29) is 17.1 Å². The van der Waals surface area contributed by atoms with E-state index in [1.54, 1.807) is 18.2 Å². The average Bonchev–Trinajstić information content (AvgIpc) is 3.56. The number of aromatic nitrogens is 2. The summed E-state index contributed by atoms with van der Waals surface area (Å²) in [5.41, 5.74) is 3.68. The molecule has 4 atom stereocenters. The van der Waals surface area contributed by atoms with Crippen molar-refractivity contribution in [2.75, 3.05) is 37.7 Å². The van der Waals surface area contributed by atoms with Crippen molar-refractivity contribution in [3.05, 3.63) is 53.3 Å². The van der Waals surface area contributed by atoms with Crippen molar-refractivity contribution in [3.63, 3.8) is 0 Å². The molecule has 44 heavy (non-hydrogen) atoms. The molecule has 2 unspecified atom stereocenters. The van der Waals surface area contributed by atoms with Crippen LogP contribution in [0.2, 0.25) is 0 Å². The Kier molecular flexibility index (Phi) is 6.68. The van der Waals surface area contributed by atoms with Crippen LogP contribution in [0.3, 0.4) is 0 Å². The molecule has 1 aromatic heterocycles. The molecule has 5 fully saturated rings. The number of fused-ring (bicyclic) bond motifs is 6. The number of piperidine rings is 2. The number of aryl methyl sites for hydroxylation is 2. The van der Waals surface area contributed by atoms with Gasteiger partial charge in [0.2, 0.25) is 0 Å². The summed E-state index contributed by atoms with van der Waals surface area (Å²) in [4.78, 5) is 14.7. The highest BCUT2D eigenvalue weighted by atomic mass is 19.1. The molecule has 0 radical (unpaired) electrons. The Hall–Kier alpha value is -3.56. The van der Waals surface area contributed by atoms with Crippen LogP contribution in [0.4, 0.5) is 14.6 Å². The first-order valence-corrected chi connectivity index (χ1v) is 16.1. The number of anilines is 1. The molecule has 5 saturated heterocycles. The zero-order valence-corrected chi connectivity index (χ0v) is 25.4. The number of rotatable bonds is 6. The second-order valence-corrected chi connectivity index (χ2v) is 13.3. The van der Waals surface area contributed by atoms with Gasteiger partial charge in [0.25, 0.3) is 0 Å². The van der Waals surface area contributed by atoms with Crippen molar-refractivity contribution in [2.24, 2.45) is 0 Å². The fourth-order valence-electron chi connectivity index (χ4n) is 8.55. The molecule has 0 spiro atoms. The van der Waals surface area contributed by atoms with Crippen molar-refractivity contribution < 1.29 is 18.6 Å². The maximum Gasteiger partial charge on any atom is 0.319 e. The molecule has 0 aliphatic carbocycles. The molecule has 2 N–H and O–H groups in total. The number of halogens is 2. The lowest BCUT2D eigenvalue weighted by Gasteiger charge is -2.46. The zero-order valence-electron chi connectivity index (χ0n) is 25.4. The third-order valence-electron chi connectivity index (χ3n) is 10.7. The lowest BCUT2D eigenvalue weighted by Crippen LogP contribution is -2.61. The fraction of sp³-hybridized carbons (Fsp3) is 0.486. The first-order chi connectivity index (χ1) is 21.3. The summed E-state index contributed by atoms with van der Waals surface area (Å²) >= 11 is 0. The molecule has 0 saturated carbocycles. The summed E-state index contributed by atoms with van der Waals surface area (Å²) in [5, 5.41) is 16.9. The highest BCUT2D eigenvalue weighted by molar-refractivity contribution is 6.04. The molecule has 9 rings (SSSR count). The van der Waals surface area contributed by atoms with E-state index in [9.17, 15) is 9.50 Å². The molecule has 2 bridgehead atoms.